The molecule has 0 bridgehead atoms. The highest BCUT2D eigenvalue weighted by molar-refractivity contribution is 8.26. The van der Waals surface area contributed by atoms with Gasteiger partial charge in [0, 0.05) is 32.5 Å². The number of pyridine rings is 1. The van der Waals surface area contributed by atoms with Crippen LogP contribution < -0.4 is 10.9 Å². The first-order valence-corrected chi connectivity index (χ1v) is 12.2. The molecule has 0 aliphatic carbocycles. The summed E-state index contributed by atoms with van der Waals surface area (Å²) in [6.07, 6.45) is 3.98. The normalized spacial score (nSPS) is 16.0. The second-order valence-corrected chi connectivity index (χ2v) is 9.70. The molecule has 4 rings (SSSR count). The number of amides is 1. The van der Waals surface area contributed by atoms with E-state index in [1.807, 2.05) is 56.3 Å². The highest BCUT2D eigenvalue weighted by atomic mass is 32.2. The van der Waals surface area contributed by atoms with E-state index < -0.39 is 0 Å². The van der Waals surface area contributed by atoms with Gasteiger partial charge in [-0.3, -0.25) is 18.9 Å². The van der Waals surface area contributed by atoms with E-state index in [1.54, 1.807) is 24.3 Å². The Morgan fingerprint density at radius 3 is 2.71 bits per heavy atom. The van der Waals surface area contributed by atoms with Crippen LogP contribution >= 0.6 is 24.0 Å². The van der Waals surface area contributed by atoms with Gasteiger partial charge in [-0.15, -0.1) is 0 Å². The van der Waals surface area contributed by atoms with Crippen molar-refractivity contribution in [3.05, 3.63) is 80.6 Å². The Bertz CT molecular complexity index is 1320. The molecule has 1 amide bonds. The second kappa shape index (κ2) is 10.5. The molecular weight excluding hydrogens is 468 g/mol. The highest BCUT2D eigenvalue weighted by Crippen LogP contribution is 2.33. The number of anilines is 1. The molecule has 0 radical (unpaired) electrons. The second-order valence-electron chi connectivity index (χ2n) is 8.02. The van der Waals surface area contributed by atoms with Crippen molar-refractivity contribution in [3.63, 3.8) is 0 Å². The number of aryl methyl sites for hydroxylation is 1. The zero-order valence-electron chi connectivity index (χ0n) is 19.3. The van der Waals surface area contributed by atoms with Gasteiger partial charge in [-0.25, -0.2) is 4.98 Å². The van der Waals surface area contributed by atoms with Crippen LogP contribution in [0.5, 0.6) is 0 Å². The lowest BCUT2D eigenvalue weighted by Gasteiger charge is -2.18. The number of thioether (sulfide) groups is 1. The smallest absolute Gasteiger partial charge is 0.267 e. The van der Waals surface area contributed by atoms with E-state index in [-0.39, 0.29) is 17.5 Å². The summed E-state index contributed by atoms with van der Waals surface area (Å²) >= 11 is 6.63. The summed E-state index contributed by atoms with van der Waals surface area (Å²) in [4.78, 5) is 33.4. The lowest BCUT2D eigenvalue weighted by molar-refractivity contribution is -0.122. The van der Waals surface area contributed by atoms with Crippen molar-refractivity contribution in [3.8, 4) is 0 Å². The molecule has 3 aromatic rings. The molecule has 0 saturated carbocycles. The van der Waals surface area contributed by atoms with E-state index in [0.29, 0.717) is 45.8 Å². The molecule has 1 fully saturated rings. The minimum absolute atomic E-state index is 0.102. The maximum Gasteiger partial charge on any atom is 0.267 e. The molecule has 1 N–H and O–H groups in total. The fourth-order valence-corrected chi connectivity index (χ4v) is 5.06. The first-order valence-electron chi connectivity index (χ1n) is 11.0. The summed E-state index contributed by atoms with van der Waals surface area (Å²) in [5.74, 6) is 0.224. The number of ether oxygens (including phenoxy) is 1. The van der Waals surface area contributed by atoms with E-state index in [4.69, 9.17) is 21.9 Å². The van der Waals surface area contributed by atoms with Crippen molar-refractivity contribution in [2.24, 2.45) is 0 Å². The Morgan fingerprint density at radius 2 is 1.97 bits per heavy atom. The number of carbonyl (C=O) groups excluding carboxylic acids is 1. The summed E-state index contributed by atoms with van der Waals surface area (Å²) in [5.41, 5.74) is 2.58. The summed E-state index contributed by atoms with van der Waals surface area (Å²) in [6.45, 7) is 4.93. The van der Waals surface area contributed by atoms with Crippen LogP contribution in [0.3, 0.4) is 0 Å². The summed E-state index contributed by atoms with van der Waals surface area (Å²) in [5, 5.41) is 3.39. The molecule has 34 heavy (non-hydrogen) atoms. The number of nitrogens with one attached hydrogen (secondary N) is 1. The van der Waals surface area contributed by atoms with Crippen LogP contribution in [0, 0.1) is 6.92 Å². The molecule has 1 atom stereocenters. The fourth-order valence-electron chi connectivity index (χ4n) is 3.77. The number of carbonyl (C=O) groups is 1. The largest absolute Gasteiger partial charge is 0.385 e. The average molecular weight is 495 g/mol. The predicted octanol–water partition coefficient (Wildman–Crippen LogP) is 4.41. The average Bonchev–Trinajstić information content (AvgIpc) is 3.10. The zero-order chi connectivity index (χ0) is 24.2. The quantitative estimate of drug-likeness (QED) is 0.282. The number of rotatable bonds is 8. The summed E-state index contributed by atoms with van der Waals surface area (Å²) in [7, 11) is 1.62. The molecule has 3 heterocycles. The van der Waals surface area contributed by atoms with Gasteiger partial charge < -0.3 is 10.1 Å². The van der Waals surface area contributed by atoms with E-state index in [1.165, 1.54) is 16.2 Å². The third kappa shape index (κ3) is 4.91. The molecule has 176 valence electrons. The molecule has 9 heteroatoms. The lowest BCUT2D eigenvalue weighted by Crippen LogP contribution is -2.29. The Kier molecular flexibility index (Phi) is 7.45. The van der Waals surface area contributed by atoms with E-state index in [0.717, 1.165) is 11.1 Å². The number of thiocarbonyl (C=S) groups is 1. The minimum Gasteiger partial charge on any atom is -0.385 e. The van der Waals surface area contributed by atoms with Gasteiger partial charge in [0.15, 0.2) is 0 Å². The standard InChI is InChI=1S/C25H26N4O3S2/c1-16-9-7-12-28-22(16)27-21(26-17(2)18-10-5-4-6-11-18)19(23(28)30)15-20-24(31)29(25(33)34-20)13-8-14-32-3/h4-7,9-12,15,17,26H,8,13-14H2,1-3H3. The molecule has 1 unspecified atom stereocenters. The summed E-state index contributed by atoms with van der Waals surface area (Å²) in [6, 6.07) is 13.5. The van der Waals surface area contributed by atoms with E-state index in [2.05, 4.69) is 5.32 Å². The molecule has 1 saturated heterocycles. The van der Waals surface area contributed by atoms with E-state index >= 15 is 0 Å². The number of methoxy groups -OCH3 is 1. The van der Waals surface area contributed by atoms with Gasteiger partial charge in [-0.2, -0.15) is 0 Å². The topological polar surface area (TPSA) is 75.9 Å². The molecule has 0 spiro atoms. The number of nitrogens with zero attached hydrogens (tertiary/aromatic N) is 3. The van der Waals surface area contributed by atoms with E-state index in [9.17, 15) is 9.59 Å². The van der Waals surface area contributed by atoms with Crippen molar-refractivity contribution >= 4 is 51.7 Å². The van der Waals surface area contributed by atoms with Gasteiger partial charge in [0.05, 0.1) is 10.5 Å². The van der Waals surface area contributed by atoms with Gasteiger partial charge in [-0.1, -0.05) is 60.4 Å². The van der Waals surface area contributed by atoms with Crippen LogP contribution in [0.15, 0.2) is 58.4 Å². The van der Waals surface area contributed by atoms with Gasteiger partial charge in [0.1, 0.15) is 15.8 Å². The van der Waals surface area contributed by atoms with Gasteiger partial charge in [0.2, 0.25) is 0 Å². The van der Waals surface area contributed by atoms with Crippen molar-refractivity contribution < 1.29 is 9.53 Å². The third-order valence-electron chi connectivity index (χ3n) is 5.62. The number of aromatic nitrogens is 2. The third-order valence-corrected chi connectivity index (χ3v) is 6.99. The summed E-state index contributed by atoms with van der Waals surface area (Å²) < 4.78 is 7.08. The van der Waals surface area contributed by atoms with Gasteiger partial charge >= 0.3 is 0 Å². The van der Waals surface area contributed by atoms with Crippen molar-refractivity contribution in [1.82, 2.24) is 14.3 Å². The molecular formula is C25H26N4O3S2. The Hall–Kier alpha value is -3.01. The molecule has 1 aliphatic rings. The number of hydrogen-bond donors (Lipinski definition) is 1. The molecule has 1 aromatic carbocycles. The minimum atomic E-state index is -0.249. The molecule has 2 aromatic heterocycles. The maximum absolute atomic E-state index is 13.5. The monoisotopic (exact) mass is 494 g/mol. The Morgan fingerprint density at radius 1 is 1.21 bits per heavy atom. The predicted molar refractivity (Wildman–Crippen MR) is 141 cm³/mol. The van der Waals surface area contributed by atoms with Crippen LogP contribution in [0.2, 0.25) is 0 Å². The highest BCUT2D eigenvalue weighted by Gasteiger charge is 2.32. The number of hydrogen-bond acceptors (Lipinski definition) is 7. The lowest BCUT2D eigenvalue weighted by atomic mass is 10.1. The fraction of sp³-hybridized carbons (Fsp3) is 0.280. The first-order chi connectivity index (χ1) is 16.4. The maximum atomic E-state index is 13.5. The van der Waals surface area contributed by atoms with Crippen LogP contribution in [0.1, 0.15) is 36.1 Å². The van der Waals surface area contributed by atoms with Crippen molar-refractivity contribution in [1.29, 1.82) is 0 Å². The van der Waals surface area contributed by atoms with Crippen molar-refractivity contribution in [2.45, 2.75) is 26.3 Å². The Balaban J connectivity index is 1.77. The molecule has 7 nitrogen and oxygen atoms in total. The number of benzene rings is 1. The Labute approximate surface area is 207 Å². The SMILES string of the molecule is COCCCN1C(=O)C(=Cc2c(NC(C)c3ccccc3)nc3c(C)cccn3c2=O)SC1=S. The first kappa shape index (κ1) is 24.1. The number of fused-ring (bicyclic) bond motifs is 1. The van der Waals surface area contributed by atoms with Crippen LogP contribution in [-0.2, 0) is 9.53 Å². The van der Waals surface area contributed by atoms with Crippen molar-refractivity contribution in [2.75, 3.05) is 25.6 Å². The van der Waals surface area contributed by atoms with Gasteiger partial charge in [0.25, 0.3) is 11.5 Å². The molecule has 1 aliphatic heterocycles. The van der Waals surface area contributed by atoms with Gasteiger partial charge in [-0.05, 0) is 43.5 Å². The zero-order valence-corrected chi connectivity index (χ0v) is 20.9. The van der Waals surface area contributed by atoms with Crippen LogP contribution in [0.25, 0.3) is 11.7 Å². The van der Waals surface area contributed by atoms with Crippen LogP contribution in [0.4, 0.5) is 5.82 Å². The van der Waals surface area contributed by atoms with Crippen LogP contribution in [-0.4, -0.2) is 44.8 Å².